The van der Waals surface area contributed by atoms with Crippen LogP contribution < -0.4 is 14.3 Å². The van der Waals surface area contributed by atoms with Crippen LogP contribution in [0.5, 0.6) is 11.5 Å². The molecule has 3 rings (SSSR count). The number of ether oxygens (including phenoxy) is 3. The first-order valence-corrected chi connectivity index (χ1v) is 10.2. The van der Waals surface area contributed by atoms with E-state index in [1.54, 1.807) is 7.11 Å². The molecule has 0 aliphatic heterocycles. The highest BCUT2D eigenvalue weighted by atomic mass is 32.1. The fraction of sp³-hybridized carbons (Fsp3) is 0.333. The van der Waals surface area contributed by atoms with Crippen LogP contribution in [0.2, 0.25) is 0 Å². The summed E-state index contributed by atoms with van der Waals surface area (Å²) in [4.78, 5) is 28.6. The Labute approximate surface area is 182 Å². The maximum atomic E-state index is 13.0. The highest BCUT2D eigenvalue weighted by Gasteiger charge is 2.24. The van der Waals surface area contributed by atoms with Crippen LogP contribution in [-0.4, -0.2) is 43.3 Å². The third kappa shape index (κ3) is 4.44. The summed E-state index contributed by atoms with van der Waals surface area (Å²) in [7, 11) is 4.36. The molecule has 1 amide bonds. The molecule has 1 heterocycles. The largest absolute Gasteiger partial charge is 0.493 e. The van der Waals surface area contributed by atoms with Crippen LogP contribution >= 0.6 is 11.3 Å². The molecule has 0 bridgehead atoms. The van der Waals surface area contributed by atoms with Crippen molar-refractivity contribution in [1.82, 2.24) is 4.57 Å². The SMILES string of the molecule is COCCn1c(=NC(=O)c2cc(OC)c(OC)cc2[N+](=O)[O-])sc2cc(C)c(C)cc21. The summed E-state index contributed by atoms with van der Waals surface area (Å²) >= 11 is 1.35. The van der Waals surface area contributed by atoms with E-state index in [-0.39, 0.29) is 17.1 Å². The van der Waals surface area contributed by atoms with Gasteiger partial charge in [0.2, 0.25) is 0 Å². The minimum atomic E-state index is -0.737. The van der Waals surface area contributed by atoms with E-state index >= 15 is 0 Å². The molecule has 0 aliphatic rings. The molecule has 0 spiro atoms. The number of carbonyl (C=O) groups is 1. The lowest BCUT2D eigenvalue weighted by molar-refractivity contribution is -0.385. The van der Waals surface area contributed by atoms with Crippen molar-refractivity contribution in [2.75, 3.05) is 27.9 Å². The second-order valence-electron chi connectivity index (χ2n) is 6.83. The van der Waals surface area contributed by atoms with Crippen molar-refractivity contribution in [3.63, 3.8) is 0 Å². The Balaban J connectivity index is 2.21. The van der Waals surface area contributed by atoms with Crippen LogP contribution in [0.4, 0.5) is 5.69 Å². The van der Waals surface area contributed by atoms with Crippen molar-refractivity contribution in [2.45, 2.75) is 20.4 Å². The lowest BCUT2D eigenvalue weighted by Crippen LogP contribution is -2.19. The number of hydrogen-bond donors (Lipinski definition) is 0. The molecule has 0 atom stereocenters. The van der Waals surface area contributed by atoms with E-state index in [2.05, 4.69) is 4.99 Å². The molecule has 0 fully saturated rings. The highest BCUT2D eigenvalue weighted by molar-refractivity contribution is 7.16. The van der Waals surface area contributed by atoms with Crippen molar-refractivity contribution in [1.29, 1.82) is 0 Å². The number of aromatic nitrogens is 1. The molecular weight excluding hydrogens is 422 g/mol. The molecule has 1 aromatic heterocycles. The number of benzene rings is 2. The van der Waals surface area contributed by atoms with E-state index in [1.165, 1.54) is 31.6 Å². The molecule has 164 valence electrons. The summed E-state index contributed by atoms with van der Waals surface area (Å²) in [6.07, 6.45) is 0. The summed E-state index contributed by atoms with van der Waals surface area (Å²) in [5.74, 6) is -0.367. The molecular formula is C21H23N3O6S. The number of fused-ring (bicyclic) bond motifs is 1. The molecule has 3 aromatic rings. The topological polar surface area (TPSA) is 105 Å². The smallest absolute Gasteiger partial charge is 0.286 e. The van der Waals surface area contributed by atoms with Gasteiger partial charge in [0.15, 0.2) is 16.3 Å². The predicted molar refractivity (Wildman–Crippen MR) is 117 cm³/mol. The molecule has 31 heavy (non-hydrogen) atoms. The Morgan fingerprint density at radius 3 is 2.35 bits per heavy atom. The molecule has 0 radical (unpaired) electrons. The quantitative estimate of drug-likeness (QED) is 0.406. The van der Waals surface area contributed by atoms with E-state index in [0.717, 1.165) is 27.4 Å². The van der Waals surface area contributed by atoms with Gasteiger partial charge in [-0.25, -0.2) is 0 Å². The zero-order valence-electron chi connectivity index (χ0n) is 17.9. The van der Waals surface area contributed by atoms with Crippen molar-refractivity contribution < 1.29 is 23.9 Å². The first-order valence-electron chi connectivity index (χ1n) is 9.39. The maximum Gasteiger partial charge on any atom is 0.286 e. The van der Waals surface area contributed by atoms with Gasteiger partial charge in [-0.2, -0.15) is 4.99 Å². The minimum Gasteiger partial charge on any atom is -0.493 e. The van der Waals surface area contributed by atoms with Crippen molar-refractivity contribution in [3.8, 4) is 11.5 Å². The zero-order chi connectivity index (χ0) is 22.7. The van der Waals surface area contributed by atoms with E-state index in [0.29, 0.717) is 18.0 Å². The number of nitro benzene ring substituents is 1. The molecule has 0 saturated carbocycles. The zero-order valence-corrected chi connectivity index (χ0v) is 18.7. The van der Waals surface area contributed by atoms with Crippen LogP contribution in [0.1, 0.15) is 21.5 Å². The molecule has 2 aromatic carbocycles. The molecule has 0 aliphatic carbocycles. The fourth-order valence-electron chi connectivity index (χ4n) is 3.14. The Morgan fingerprint density at radius 2 is 1.74 bits per heavy atom. The fourth-order valence-corrected chi connectivity index (χ4v) is 4.28. The lowest BCUT2D eigenvalue weighted by Gasteiger charge is -2.09. The summed E-state index contributed by atoms with van der Waals surface area (Å²) in [5.41, 5.74) is 2.60. The standard InChI is InChI=1S/C21H23N3O6S/c1-12-8-16-19(9-13(12)2)31-21(23(16)6-7-28-3)22-20(25)14-10-17(29-4)18(30-5)11-15(14)24(26)27/h8-11H,6-7H2,1-5H3. The third-order valence-electron chi connectivity index (χ3n) is 4.94. The second kappa shape index (κ2) is 9.27. The number of methoxy groups -OCH3 is 3. The normalized spacial score (nSPS) is 11.7. The Bertz CT molecular complexity index is 1230. The molecule has 0 unspecified atom stereocenters. The van der Waals surface area contributed by atoms with Gasteiger partial charge in [-0.1, -0.05) is 11.3 Å². The van der Waals surface area contributed by atoms with E-state index in [4.69, 9.17) is 14.2 Å². The second-order valence-corrected chi connectivity index (χ2v) is 7.84. The van der Waals surface area contributed by atoms with E-state index in [9.17, 15) is 14.9 Å². The first-order chi connectivity index (χ1) is 14.8. The van der Waals surface area contributed by atoms with Gasteiger partial charge in [0.1, 0.15) is 5.56 Å². The Hall–Kier alpha value is -3.24. The molecule has 0 saturated heterocycles. The minimum absolute atomic E-state index is 0.161. The van der Waals surface area contributed by atoms with Gasteiger partial charge in [-0.05, 0) is 37.1 Å². The number of nitro groups is 1. The van der Waals surface area contributed by atoms with Crippen LogP contribution in [0.15, 0.2) is 29.3 Å². The van der Waals surface area contributed by atoms with E-state index in [1.807, 2.05) is 30.5 Å². The summed E-state index contributed by atoms with van der Waals surface area (Å²) in [6, 6.07) is 6.53. The van der Waals surface area contributed by atoms with Gasteiger partial charge in [-0.15, -0.1) is 0 Å². The number of thiazole rings is 1. The first kappa shape index (κ1) is 22.4. The average molecular weight is 445 g/mol. The molecule has 0 N–H and O–H groups in total. The van der Waals surface area contributed by atoms with Crippen molar-refractivity contribution in [2.24, 2.45) is 4.99 Å². The number of carbonyl (C=O) groups excluding carboxylic acids is 1. The molecule has 9 nitrogen and oxygen atoms in total. The van der Waals surface area contributed by atoms with Crippen LogP contribution in [-0.2, 0) is 11.3 Å². The van der Waals surface area contributed by atoms with Gasteiger partial charge in [0.05, 0.1) is 42.0 Å². The lowest BCUT2D eigenvalue weighted by atomic mass is 10.1. The van der Waals surface area contributed by atoms with Crippen molar-refractivity contribution in [3.05, 3.63) is 55.9 Å². The number of aryl methyl sites for hydroxylation is 2. The van der Waals surface area contributed by atoms with Gasteiger partial charge in [-0.3, -0.25) is 14.9 Å². The van der Waals surface area contributed by atoms with Gasteiger partial charge in [0.25, 0.3) is 11.6 Å². The predicted octanol–water partition coefficient (Wildman–Crippen LogP) is 3.63. The summed E-state index contributed by atoms with van der Waals surface area (Å²) < 4.78 is 18.4. The number of nitrogens with zero attached hydrogens (tertiary/aromatic N) is 3. The number of rotatable bonds is 7. The number of amides is 1. The Morgan fingerprint density at radius 1 is 1.10 bits per heavy atom. The van der Waals surface area contributed by atoms with Crippen LogP contribution in [0, 0.1) is 24.0 Å². The average Bonchev–Trinajstić information content (AvgIpc) is 3.06. The van der Waals surface area contributed by atoms with Gasteiger partial charge < -0.3 is 18.8 Å². The molecule has 10 heteroatoms. The monoisotopic (exact) mass is 445 g/mol. The maximum absolute atomic E-state index is 13.0. The van der Waals surface area contributed by atoms with Crippen molar-refractivity contribution >= 4 is 33.1 Å². The third-order valence-corrected chi connectivity index (χ3v) is 5.98. The number of hydrogen-bond acceptors (Lipinski definition) is 7. The highest BCUT2D eigenvalue weighted by Crippen LogP contribution is 2.34. The van der Waals surface area contributed by atoms with Crippen LogP contribution in [0.3, 0.4) is 0 Å². The van der Waals surface area contributed by atoms with Gasteiger partial charge >= 0.3 is 0 Å². The van der Waals surface area contributed by atoms with E-state index < -0.39 is 16.5 Å². The summed E-state index contributed by atoms with van der Waals surface area (Å²) in [5, 5.41) is 11.6. The van der Waals surface area contributed by atoms with Gasteiger partial charge in [0, 0.05) is 19.7 Å². The summed E-state index contributed by atoms with van der Waals surface area (Å²) in [6.45, 7) is 4.95. The van der Waals surface area contributed by atoms with Crippen LogP contribution in [0.25, 0.3) is 10.2 Å². The Kier molecular flexibility index (Phi) is 6.71.